The minimum Gasteiger partial charge on any atom is -0.344 e. The Kier molecular flexibility index (Phi) is 4.83. The van der Waals surface area contributed by atoms with E-state index < -0.39 is 11.9 Å². The lowest BCUT2D eigenvalue weighted by Gasteiger charge is -2.26. The van der Waals surface area contributed by atoms with E-state index in [1.165, 1.54) is 12.1 Å². The monoisotopic (exact) mass is 312 g/mol. The molecule has 4 nitrogen and oxygen atoms in total. The van der Waals surface area contributed by atoms with Crippen molar-refractivity contribution in [2.75, 3.05) is 6.54 Å². The summed E-state index contributed by atoms with van der Waals surface area (Å²) in [5, 5.41) is 3.03. The van der Waals surface area contributed by atoms with Gasteiger partial charge in [-0.15, -0.1) is 0 Å². The summed E-state index contributed by atoms with van der Waals surface area (Å²) in [6, 6.07) is 3.57. The summed E-state index contributed by atoms with van der Waals surface area (Å²) in [5.74, 6) is -0.667. The van der Waals surface area contributed by atoms with Crippen LogP contribution in [-0.4, -0.2) is 29.3 Å². The molecule has 21 heavy (non-hydrogen) atoms. The Morgan fingerprint density at radius 3 is 2.76 bits per heavy atom. The third-order valence-electron chi connectivity index (χ3n) is 3.55. The van der Waals surface area contributed by atoms with Crippen molar-refractivity contribution < 1.29 is 14.0 Å². The molecule has 0 aromatic heterocycles. The topological polar surface area (TPSA) is 49.4 Å². The van der Waals surface area contributed by atoms with Crippen molar-refractivity contribution in [2.24, 2.45) is 5.92 Å². The second kappa shape index (κ2) is 6.43. The van der Waals surface area contributed by atoms with Gasteiger partial charge in [0.05, 0.1) is 0 Å². The van der Waals surface area contributed by atoms with Gasteiger partial charge in [0, 0.05) is 24.5 Å². The summed E-state index contributed by atoms with van der Waals surface area (Å²) in [6.07, 6.45) is 0.258. The van der Waals surface area contributed by atoms with E-state index in [1.807, 2.05) is 13.8 Å². The Hall–Kier alpha value is -1.62. The Morgan fingerprint density at radius 2 is 2.14 bits per heavy atom. The van der Waals surface area contributed by atoms with Crippen LogP contribution in [0.5, 0.6) is 0 Å². The third-order valence-corrected chi connectivity index (χ3v) is 3.90. The molecule has 0 radical (unpaired) electrons. The van der Waals surface area contributed by atoms with E-state index in [2.05, 4.69) is 5.32 Å². The van der Waals surface area contributed by atoms with Crippen LogP contribution in [0.3, 0.4) is 0 Å². The van der Waals surface area contributed by atoms with Gasteiger partial charge in [-0.3, -0.25) is 9.59 Å². The van der Waals surface area contributed by atoms with E-state index in [-0.39, 0.29) is 35.7 Å². The van der Waals surface area contributed by atoms with Gasteiger partial charge < -0.3 is 10.2 Å². The van der Waals surface area contributed by atoms with Gasteiger partial charge >= 0.3 is 0 Å². The highest BCUT2D eigenvalue weighted by Crippen LogP contribution is 2.21. The van der Waals surface area contributed by atoms with E-state index in [0.29, 0.717) is 12.1 Å². The van der Waals surface area contributed by atoms with Crippen molar-refractivity contribution in [1.82, 2.24) is 10.2 Å². The fourth-order valence-electron chi connectivity index (χ4n) is 2.32. The van der Waals surface area contributed by atoms with Crippen LogP contribution < -0.4 is 5.32 Å². The van der Waals surface area contributed by atoms with Gasteiger partial charge in [0.2, 0.25) is 11.8 Å². The number of amides is 2. The predicted octanol–water partition coefficient (Wildman–Crippen LogP) is 2.35. The maximum absolute atomic E-state index is 13.1. The normalized spacial score (nSPS) is 19.7. The SMILES string of the molecule is CC(C)C1NC(=O)CCN(Cc2ccc(F)cc2Cl)C1=O. The first-order valence-electron chi connectivity index (χ1n) is 6.90. The molecule has 1 heterocycles. The molecule has 1 saturated heterocycles. The molecule has 1 N–H and O–H groups in total. The zero-order chi connectivity index (χ0) is 15.6. The van der Waals surface area contributed by atoms with Gasteiger partial charge in [-0.05, 0) is 23.6 Å². The standard InChI is InChI=1S/C15H18ClFN2O2/c1-9(2)14-15(21)19(6-5-13(20)18-14)8-10-3-4-11(17)7-12(10)16/h3-4,7,9,14H,5-6,8H2,1-2H3,(H,18,20). The van der Waals surface area contributed by atoms with E-state index in [0.717, 1.165) is 0 Å². The molecule has 1 atom stereocenters. The van der Waals surface area contributed by atoms with Crippen molar-refractivity contribution in [3.05, 3.63) is 34.6 Å². The van der Waals surface area contributed by atoms with Crippen LogP contribution in [0.15, 0.2) is 18.2 Å². The zero-order valence-electron chi connectivity index (χ0n) is 12.0. The smallest absolute Gasteiger partial charge is 0.245 e. The minimum absolute atomic E-state index is 0.00531. The molecule has 0 saturated carbocycles. The predicted molar refractivity (Wildman–Crippen MR) is 78.2 cm³/mol. The number of rotatable bonds is 3. The van der Waals surface area contributed by atoms with Crippen LogP contribution in [-0.2, 0) is 16.1 Å². The number of nitrogens with one attached hydrogen (secondary N) is 1. The van der Waals surface area contributed by atoms with Gasteiger partial charge in [0.25, 0.3) is 0 Å². The Bertz CT molecular complexity index is 563. The maximum atomic E-state index is 13.1. The second-order valence-corrected chi connectivity index (χ2v) is 5.94. The fourth-order valence-corrected chi connectivity index (χ4v) is 2.54. The fraction of sp³-hybridized carbons (Fsp3) is 0.467. The van der Waals surface area contributed by atoms with Gasteiger partial charge in [-0.1, -0.05) is 31.5 Å². The van der Waals surface area contributed by atoms with Crippen LogP contribution in [0, 0.1) is 11.7 Å². The third kappa shape index (κ3) is 3.73. The van der Waals surface area contributed by atoms with Gasteiger partial charge in [0.1, 0.15) is 11.9 Å². The molecule has 0 spiro atoms. The summed E-state index contributed by atoms with van der Waals surface area (Å²) in [7, 11) is 0. The largest absolute Gasteiger partial charge is 0.344 e. The summed E-state index contributed by atoms with van der Waals surface area (Å²) < 4.78 is 13.1. The first kappa shape index (κ1) is 15.8. The molecule has 2 amide bonds. The molecule has 6 heteroatoms. The molecule has 1 fully saturated rings. The molecular formula is C15H18ClFN2O2. The van der Waals surface area contributed by atoms with Crippen LogP contribution in [0.1, 0.15) is 25.8 Å². The number of hydrogen-bond acceptors (Lipinski definition) is 2. The first-order chi connectivity index (χ1) is 9.88. The number of halogens is 2. The lowest BCUT2D eigenvalue weighted by Crippen LogP contribution is -2.47. The Balaban J connectivity index is 2.21. The lowest BCUT2D eigenvalue weighted by molar-refractivity contribution is -0.135. The molecule has 1 aliphatic rings. The first-order valence-corrected chi connectivity index (χ1v) is 7.28. The van der Waals surface area contributed by atoms with Crippen molar-refractivity contribution in [3.63, 3.8) is 0 Å². The highest BCUT2D eigenvalue weighted by Gasteiger charge is 2.32. The van der Waals surface area contributed by atoms with E-state index in [9.17, 15) is 14.0 Å². The van der Waals surface area contributed by atoms with E-state index in [4.69, 9.17) is 11.6 Å². The van der Waals surface area contributed by atoms with Crippen molar-refractivity contribution >= 4 is 23.4 Å². The summed E-state index contributed by atoms with van der Waals surface area (Å²) >= 11 is 6.00. The Morgan fingerprint density at radius 1 is 1.43 bits per heavy atom. The molecule has 1 unspecified atom stereocenters. The highest BCUT2D eigenvalue weighted by atomic mass is 35.5. The summed E-state index contributed by atoms with van der Waals surface area (Å²) in [6.45, 7) is 4.38. The molecule has 1 aromatic carbocycles. The summed E-state index contributed by atoms with van der Waals surface area (Å²) in [4.78, 5) is 25.8. The van der Waals surface area contributed by atoms with Crippen LogP contribution in [0.25, 0.3) is 0 Å². The minimum atomic E-state index is -0.528. The second-order valence-electron chi connectivity index (χ2n) is 5.53. The quantitative estimate of drug-likeness (QED) is 0.931. The average molecular weight is 313 g/mol. The van der Waals surface area contributed by atoms with Gasteiger partial charge in [-0.25, -0.2) is 4.39 Å². The van der Waals surface area contributed by atoms with Crippen molar-refractivity contribution in [2.45, 2.75) is 32.9 Å². The molecular weight excluding hydrogens is 295 g/mol. The molecule has 2 rings (SSSR count). The lowest BCUT2D eigenvalue weighted by atomic mass is 10.0. The van der Waals surface area contributed by atoms with Crippen molar-refractivity contribution in [3.8, 4) is 0 Å². The molecule has 0 aliphatic carbocycles. The highest BCUT2D eigenvalue weighted by molar-refractivity contribution is 6.31. The van der Waals surface area contributed by atoms with Crippen molar-refractivity contribution in [1.29, 1.82) is 0 Å². The number of hydrogen-bond donors (Lipinski definition) is 1. The van der Waals surface area contributed by atoms with Crippen LogP contribution in [0.2, 0.25) is 5.02 Å². The number of carbonyl (C=O) groups is 2. The summed E-state index contributed by atoms with van der Waals surface area (Å²) in [5.41, 5.74) is 0.670. The zero-order valence-corrected chi connectivity index (χ0v) is 12.8. The van der Waals surface area contributed by atoms with E-state index >= 15 is 0 Å². The molecule has 114 valence electrons. The number of benzene rings is 1. The van der Waals surface area contributed by atoms with E-state index in [1.54, 1.807) is 11.0 Å². The van der Waals surface area contributed by atoms with Crippen LogP contribution in [0.4, 0.5) is 4.39 Å². The Labute approximate surface area is 128 Å². The molecule has 0 bridgehead atoms. The maximum Gasteiger partial charge on any atom is 0.245 e. The van der Waals surface area contributed by atoms with Gasteiger partial charge in [0.15, 0.2) is 0 Å². The molecule has 1 aromatic rings. The number of nitrogens with zero attached hydrogens (tertiary/aromatic N) is 1. The molecule has 1 aliphatic heterocycles. The van der Waals surface area contributed by atoms with Crippen LogP contribution >= 0.6 is 11.6 Å². The van der Waals surface area contributed by atoms with Gasteiger partial charge in [-0.2, -0.15) is 0 Å². The average Bonchev–Trinajstić information content (AvgIpc) is 2.54. The number of carbonyl (C=O) groups excluding carboxylic acids is 2.